The Morgan fingerprint density at radius 2 is 1.28 bits per heavy atom. The van der Waals surface area contributed by atoms with Crippen LogP contribution in [0.1, 0.15) is 27.6 Å². The molecule has 0 saturated heterocycles. The third-order valence-electron chi connectivity index (χ3n) is 2.79. The number of Topliss-reactive ketones (excluding diaryl/α,β-unsaturated/α-hetero) is 1. The lowest BCUT2D eigenvalue weighted by Crippen LogP contribution is -2.12. The van der Waals surface area contributed by atoms with Gasteiger partial charge in [0.2, 0.25) is 5.91 Å². The molecule has 1 amide bonds. The first-order valence-electron chi connectivity index (χ1n) is 5.60. The molecule has 2 aromatic carbocycles. The average molecular weight is 239 g/mol. The van der Waals surface area contributed by atoms with Crippen LogP contribution in [-0.4, -0.2) is 11.7 Å². The van der Waals surface area contributed by atoms with Crippen molar-refractivity contribution < 1.29 is 9.59 Å². The molecular formula is C15H13NO2. The molecule has 0 spiro atoms. The van der Waals surface area contributed by atoms with Gasteiger partial charge in [-0.25, -0.2) is 0 Å². The summed E-state index contributed by atoms with van der Waals surface area (Å²) in [5.74, 6) is -0.533. The maximum Gasteiger partial charge on any atom is 0.249 e. The topological polar surface area (TPSA) is 60.2 Å². The molecule has 18 heavy (non-hydrogen) atoms. The Morgan fingerprint density at radius 3 is 1.78 bits per heavy atom. The molecule has 0 bridgehead atoms. The molecule has 2 N–H and O–H groups in total. The zero-order chi connectivity index (χ0) is 13.1. The van der Waals surface area contributed by atoms with E-state index in [9.17, 15) is 9.59 Å². The van der Waals surface area contributed by atoms with Crippen LogP contribution in [-0.2, 0) is 0 Å². The summed E-state index contributed by atoms with van der Waals surface area (Å²) < 4.78 is 0. The van der Waals surface area contributed by atoms with Crippen molar-refractivity contribution >= 4 is 11.7 Å². The van der Waals surface area contributed by atoms with Crippen molar-refractivity contribution in [2.24, 2.45) is 5.73 Å². The molecule has 3 nitrogen and oxygen atoms in total. The van der Waals surface area contributed by atoms with E-state index in [0.29, 0.717) is 16.7 Å². The van der Waals surface area contributed by atoms with Crippen LogP contribution in [0.2, 0.25) is 0 Å². The van der Waals surface area contributed by atoms with Crippen molar-refractivity contribution in [3.05, 3.63) is 59.7 Å². The van der Waals surface area contributed by atoms with E-state index in [0.717, 1.165) is 5.56 Å². The molecule has 3 heteroatoms. The SMILES string of the molecule is CC(=O)c1ccccc1-c1ccccc1C(N)=O. The number of amides is 1. The third kappa shape index (κ3) is 2.15. The van der Waals surface area contributed by atoms with E-state index in [1.165, 1.54) is 6.92 Å². The lowest BCUT2D eigenvalue weighted by Gasteiger charge is -2.10. The number of carbonyl (C=O) groups is 2. The van der Waals surface area contributed by atoms with E-state index in [-0.39, 0.29) is 5.78 Å². The highest BCUT2D eigenvalue weighted by Crippen LogP contribution is 2.27. The van der Waals surface area contributed by atoms with Crippen LogP contribution in [0.4, 0.5) is 0 Å². The summed E-state index contributed by atoms with van der Waals surface area (Å²) in [5.41, 5.74) is 7.79. The van der Waals surface area contributed by atoms with Gasteiger partial charge in [0.25, 0.3) is 0 Å². The van der Waals surface area contributed by atoms with Crippen LogP contribution < -0.4 is 5.73 Å². The predicted octanol–water partition coefficient (Wildman–Crippen LogP) is 2.66. The zero-order valence-electron chi connectivity index (χ0n) is 10.0. The largest absolute Gasteiger partial charge is 0.366 e. The quantitative estimate of drug-likeness (QED) is 0.837. The minimum atomic E-state index is -0.496. The summed E-state index contributed by atoms with van der Waals surface area (Å²) in [6, 6.07) is 14.2. The Balaban J connectivity index is 2.70. The van der Waals surface area contributed by atoms with Gasteiger partial charge in [0, 0.05) is 11.1 Å². The number of primary amides is 1. The lowest BCUT2D eigenvalue weighted by atomic mass is 9.93. The monoisotopic (exact) mass is 239 g/mol. The smallest absolute Gasteiger partial charge is 0.249 e. The van der Waals surface area contributed by atoms with Gasteiger partial charge in [-0.15, -0.1) is 0 Å². The molecule has 0 atom stereocenters. The number of hydrogen-bond acceptors (Lipinski definition) is 2. The molecule has 0 aliphatic carbocycles. The van der Waals surface area contributed by atoms with Crippen molar-refractivity contribution in [2.45, 2.75) is 6.92 Å². The third-order valence-corrected chi connectivity index (χ3v) is 2.79. The summed E-state index contributed by atoms with van der Waals surface area (Å²) >= 11 is 0. The minimum absolute atomic E-state index is 0.0372. The molecule has 0 fully saturated rings. The van der Waals surface area contributed by atoms with Crippen LogP contribution in [0.15, 0.2) is 48.5 Å². The van der Waals surface area contributed by atoms with Gasteiger partial charge in [-0.3, -0.25) is 9.59 Å². The number of benzene rings is 2. The van der Waals surface area contributed by atoms with Crippen LogP contribution in [0.3, 0.4) is 0 Å². The molecule has 2 aromatic rings. The molecule has 0 aliphatic rings. The normalized spacial score (nSPS) is 10.1. The van der Waals surface area contributed by atoms with E-state index < -0.39 is 5.91 Å². The van der Waals surface area contributed by atoms with Gasteiger partial charge in [-0.1, -0.05) is 42.5 Å². The maximum absolute atomic E-state index is 11.6. The standard InChI is InChI=1S/C15H13NO2/c1-10(17)11-6-2-3-7-12(11)13-8-4-5-9-14(13)15(16)18/h2-9H,1H3,(H2,16,18). The van der Waals surface area contributed by atoms with E-state index in [4.69, 9.17) is 5.73 Å². The van der Waals surface area contributed by atoms with E-state index >= 15 is 0 Å². The highest BCUT2D eigenvalue weighted by atomic mass is 16.1. The Kier molecular flexibility index (Phi) is 3.24. The van der Waals surface area contributed by atoms with Crippen molar-refractivity contribution in [3.63, 3.8) is 0 Å². The first kappa shape index (κ1) is 12.0. The number of carbonyl (C=O) groups excluding carboxylic acids is 2. The molecule has 2 rings (SSSR count). The summed E-state index contributed by atoms with van der Waals surface area (Å²) in [4.78, 5) is 23.0. The predicted molar refractivity (Wildman–Crippen MR) is 70.4 cm³/mol. The van der Waals surface area contributed by atoms with Gasteiger partial charge in [-0.05, 0) is 24.1 Å². The van der Waals surface area contributed by atoms with Gasteiger partial charge in [0.1, 0.15) is 0 Å². The van der Waals surface area contributed by atoms with Gasteiger partial charge < -0.3 is 5.73 Å². The van der Waals surface area contributed by atoms with Crippen LogP contribution in [0.5, 0.6) is 0 Å². The first-order chi connectivity index (χ1) is 8.61. The van der Waals surface area contributed by atoms with Gasteiger partial charge in [-0.2, -0.15) is 0 Å². The number of ketones is 1. The van der Waals surface area contributed by atoms with Crippen LogP contribution >= 0.6 is 0 Å². The fraction of sp³-hybridized carbons (Fsp3) is 0.0667. The van der Waals surface area contributed by atoms with Crippen molar-refractivity contribution in [2.75, 3.05) is 0 Å². The number of nitrogens with two attached hydrogens (primary N) is 1. The van der Waals surface area contributed by atoms with Crippen molar-refractivity contribution in [3.8, 4) is 11.1 Å². The molecule has 0 heterocycles. The number of hydrogen-bond donors (Lipinski definition) is 1. The van der Waals surface area contributed by atoms with E-state index in [1.807, 2.05) is 18.2 Å². The molecule has 0 unspecified atom stereocenters. The average Bonchev–Trinajstić information content (AvgIpc) is 2.38. The second kappa shape index (κ2) is 4.84. The summed E-state index contributed by atoms with van der Waals surface area (Å²) in [5, 5.41) is 0. The van der Waals surface area contributed by atoms with Crippen LogP contribution in [0, 0.1) is 0 Å². The van der Waals surface area contributed by atoms with E-state index in [2.05, 4.69) is 0 Å². The summed E-state index contributed by atoms with van der Waals surface area (Å²) in [6.07, 6.45) is 0. The number of rotatable bonds is 3. The van der Waals surface area contributed by atoms with Gasteiger partial charge in [0.05, 0.1) is 0 Å². The highest BCUT2D eigenvalue weighted by molar-refractivity contribution is 6.05. The van der Waals surface area contributed by atoms with Gasteiger partial charge in [0.15, 0.2) is 5.78 Å². The molecule has 0 aliphatic heterocycles. The molecular weight excluding hydrogens is 226 g/mol. The highest BCUT2D eigenvalue weighted by Gasteiger charge is 2.13. The fourth-order valence-corrected chi connectivity index (χ4v) is 1.96. The Labute approximate surface area is 105 Å². The Bertz CT molecular complexity index is 562. The molecule has 0 saturated carbocycles. The summed E-state index contributed by atoms with van der Waals surface area (Å²) in [6.45, 7) is 1.51. The van der Waals surface area contributed by atoms with Gasteiger partial charge >= 0.3 is 0 Å². The fourth-order valence-electron chi connectivity index (χ4n) is 1.96. The van der Waals surface area contributed by atoms with Crippen molar-refractivity contribution in [1.29, 1.82) is 0 Å². The zero-order valence-corrected chi connectivity index (χ0v) is 10.0. The minimum Gasteiger partial charge on any atom is -0.366 e. The Hall–Kier alpha value is -2.42. The first-order valence-corrected chi connectivity index (χ1v) is 5.60. The second-order valence-corrected chi connectivity index (χ2v) is 4.01. The molecule has 0 aromatic heterocycles. The second-order valence-electron chi connectivity index (χ2n) is 4.01. The maximum atomic E-state index is 11.6. The van der Waals surface area contributed by atoms with E-state index in [1.54, 1.807) is 30.3 Å². The summed E-state index contributed by atoms with van der Waals surface area (Å²) in [7, 11) is 0. The molecule has 0 radical (unpaired) electrons. The van der Waals surface area contributed by atoms with Crippen LogP contribution in [0.25, 0.3) is 11.1 Å². The van der Waals surface area contributed by atoms with Crippen molar-refractivity contribution in [1.82, 2.24) is 0 Å². The molecule has 90 valence electrons. The lowest BCUT2D eigenvalue weighted by molar-refractivity contribution is 0.0995. The Morgan fingerprint density at radius 1 is 0.833 bits per heavy atom.